The van der Waals surface area contributed by atoms with Crippen molar-refractivity contribution in [1.82, 2.24) is 14.5 Å². The van der Waals surface area contributed by atoms with Crippen molar-refractivity contribution >= 4 is 50.9 Å². The third-order valence-electron chi connectivity index (χ3n) is 6.48. The van der Waals surface area contributed by atoms with E-state index in [9.17, 15) is 22.8 Å². The predicted molar refractivity (Wildman–Crippen MR) is 154 cm³/mol. The molecular weight excluding hydrogens is 573 g/mol. The molecule has 0 saturated heterocycles. The van der Waals surface area contributed by atoms with Crippen LogP contribution in [0.25, 0.3) is 0 Å². The summed E-state index contributed by atoms with van der Waals surface area (Å²) >= 11 is 12.3. The largest absolute Gasteiger partial charge is 0.352 e. The number of halogens is 2. The van der Waals surface area contributed by atoms with E-state index in [1.807, 2.05) is 44.2 Å². The van der Waals surface area contributed by atoms with Crippen LogP contribution in [0.2, 0.25) is 10.0 Å². The van der Waals surface area contributed by atoms with Crippen LogP contribution in [0, 0.1) is 0 Å². The van der Waals surface area contributed by atoms with Gasteiger partial charge in [-0.1, -0.05) is 71.7 Å². The Labute approximate surface area is 243 Å². The Morgan fingerprint density at radius 1 is 0.925 bits per heavy atom. The molecule has 3 aromatic carbocycles. The van der Waals surface area contributed by atoms with E-state index in [-0.39, 0.29) is 48.3 Å². The normalized spacial score (nSPS) is 14.6. The minimum atomic E-state index is -4.09. The van der Waals surface area contributed by atoms with Crippen LogP contribution in [0.1, 0.15) is 41.8 Å². The summed E-state index contributed by atoms with van der Waals surface area (Å²) in [5, 5.41) is 3.54. The summed E-state index contributed by atoms with van der Waals surface area (Å²) in [7, 11) is -4.09. The lowest BCUT2D eigenvalue weighted by molar-refractivity contribution is -0.141. The molecule has 0 bridgehead atoms. The number of carbonyl (C=O) groups is 3. The minimum Gasteiger partial charge on any atom is -0.352 e. The standard InChI is InChI=1S/C29H29Cl2N3O5S/c1-19(2)32-28(36)25(17-20-8-4-3-5-9-20)33(18-21-12-13-23(30)24(31)16-21)27(35)14-15-34-29(37)22-10-6-7-11-26(22)40(34,38)39/h3-13,16,19,25H,14-15,17-18H2,1-2H3,(H,32,36). The summed E-state index contributed by atoms with van der Waals surface area (Å²) in [6.07, 6.45) is -0.0978. The molecule has 1 atom stereocenters. The molecule has 1 aliphatic rings. The number of hydrogen-bond acceptors (Lipinski definition) is 5. The Hall–Kier alpha value is -3.40. The van der Waals surface area contributed by atoms with Crippen LogP contribution in [0.4, 0.5) is 0 Å². The van der Waals surface area contributed by atoms with Gasteiger partial charge in [-0.15, -0.1) is 0 Å². The maximum atomic E-state index is 13.8. The third kappa shape index (κ3) is 6.49. The summed E-state index contributed by atoms with van der Waals surface area (Å²) in [6.45, 7) is 3.30. The van der Waals surface area contributed by atoms with Crippen LogP contribution in [0.15, 0.2) is 77.7 Å². The van der Waals surface area contributed by atoms with Crippen molar-refractivity contribution < 1.29 is 22.8 Å². The Morgan fingerprint density at radius 2 is 1.60 bits per heavy atom. The Morgan fingerprint density at radius 3 is 2.25 bits per heavy atom. The summed E-state index contributed by atoms with van der Waals surface area (Å²) in [5.41, 5.74) is 1.54. The molecular formula is C29H29Cl2N3O5S. The SMILES string of the molecule is CC(C)NC(=O)C(Cc1ccccc1)N(Cc1ccc(Cl)c(Cl)c1)C(=O)CCN1C(=O)c2ccccc2S1(=O)=O. The molecule has 0 fully saturated rings. The Kier molecular flexibility index (Phi) is 9.18. The van der Waals surface area contributed by atoms with E-state index in [1.54, 1.807) is 30.3 Å². The molecule has 0 aliphatic carbocycles. The molecule has 8 nitrogen and oxygen atoms in total. The number of hydrogen-bond donors (Lipinski definition) is 1. The summed E-state index contributed by atoms with van der Waals surface area (Å²) < 4.78 is 26.8. The minimum absolute atomic E-state index is 0.0136. The molecule has 4 rings (SSSR count). The summed E-state index contributed by atoms with van der Waals surface area (Å²) in [5.74, 6) is -1.53. The molecule has 11 heteroatoms. The average molecular weight is 603 g/mol. The van der Waals surface area contributed by atoms with Crippen LogP contribution in [0.5, 0.6) is 0 Å². The van der Waals surface area contributed by atoms with Crippen LogP contribution >= 0.6 is 23.2 Å². The molecule has 1 unspecified atom stereocenters. The molecule has 1 aliphatic heterocycles. The molecule has 0 saturated carbocycles. The molecule has 0 radical (unpaired) electrons. The maximum Gasteiger partial charge on any atom is 0.269 e. The van der Waals surface area contributed by atoms with E-state index < -0.39 is 27.9 Å². The van der Waals surface area contributed by atoms with Crippen molar-refractivity contribution in [2.45, 2.75) is 50.2 Å². The van der Waals surface area contributed by atoms with Gasteiger partial charge in [0.2, 0.25) is 11.8 Å². The lowest BCUT2D eigenvalue weighted by Crippen LogP contribution is -2.52. The number of sulfonamides is 1. The zero-order valence-electron chi connectivity index (χ0n) is 22.0. The first-order valence-corrected chi connectivity index (χ1v) is 14.9. The highest BCUT2D eigenvalue weighted by Crippen LogP contribution is 2.30. The molecule has 3 amide bonds. The van der Waals surface area contributed by atoms with E-state index in [0.717, 1.165) is 5.56 Å². The average Bonchev–Trinajstić information content (AvgIpc) is 3.11. The van der Waals surface area contributed by atoms with Gasteiger partial charge in [-0.2, -0.15) is 0 Å². The second kappa shape index (κ2) is 12.4. The van der Waals surface area contributed by atoms with Crippen molar-refractivity contribution in [3.63, 3.8) is 0 Å². The van der Waals surface area contributed by atoms with Gasteiger partial charge < -0.3 is 10.2 Å². The van der Waals surface area contributed by atoms with Gasteiger partial charge in [-0.25, -0.2) is 12.7 Å². The molecule has 40 heavy (non-hydrogen) atoms. The highest BCUT2D eigenvalue weighted by molar-refractivity contribution is 7.90. The molecule has 0 spiro atoms. The van der Waals surface area contributed by atoms with E-state index in [2.05, 4.69) is 5.32 Å². The van der Waals surface area contributed by atoms with Gasteiger partial charge in [-0.3, -0.25) is 14.4 Å². The monoisotopic (exact) mass is 601 g/mol. The second-order valence-corrected chi connectivity index (χ2v) is 12.4. The van der Waals surface area contributed by atoms with Gasteiger partial charge in [0.25, 0.3) is 15.9 Å². The fourth-order valence-corrected chi connectivity index (χ4v) is 6.45. The fourth-order valence-electron chi connectivity index (χ4n) is 4.56. The van der Waals surface area contributed by atoms with Crippen LogP contribution < -0.4 is 5.32 Å². The number of amides is 3. The van der Waals surface area contributed by atoms with E-state index >= 15 is 0 Å². The van der Waals surface area contributed by atoms with Crippen molar-refractivity contribution in [2.75, 3.05) is 6.54 Å². The van der Waals surface area contributed by atoms with Crippen molar-refractivity contribution in [2.24, 2.45) is 0 Å². The Balaban J connectivity index is 1.65. The first-order chi connectivity index (χ1) is 19.0. The number of carbonyl (C=O) groups excluding carboxylic acids is 3. The quantitative estimate of drug-likeness (QED) is 0.363. The number of fused-ring (bicyclic) bond motifs is 1. The van der Waals surface area contributed by atoms with Crippen molar-refractivity contribution in [3.05, 3.63) is 99.5 Å². The van der Waals surface area contributed by atoms with Gasteiger partial charge in [0.15, 0.2) is 0 Å². The van der Waals surface area contributed by atoms with Gasteiger partial charge in [0.05, 0.1) is 15.6 Å². The van der Waals surface area contributed by atoms with Gasteiger partial charge >= 0.3 is 0 Å². The van der Waals surface area contributed by atoms with Gasteiger partial charge in [0.1, 0.15) is 10.9 Å². The number of benzene rings is 3. The van der Waals surface area contributed by atoms with E-state index in [0.29, 0.717) is 19.9 Å². The fraction of sp³-hybridized carbons (Fsp3) is 0.276. The zero-order valence-corrected chi connectivity index (χ0v) is 24.3. The van der Waals surface area contributed by atoms with E-state index in [1.165, 1.54) is 17.0 Å². The highest BCUT2D eigenvalue weighted by Gasteiger charge is 2.41. The third-order valence-corrected chi connectivity index (χ3v) is 9.06. The van der Waals surface area contributed by atoms with Crippen molar-refractivity contribution in [1.29, 1.82) is 0 Å². The molecule has 1 N–H and O–H groups in total. The lowest BCUT2D eigenvalue weighted by Gasteiger charge is -2.32. The molecule has 3 aromatic rings. The zero-order chi connectivity index (χ0) is 29.0. The van der Waals surface area contributed by atoms with Crippen LogP contribution in [-0.4, -0.2) is 54.0 Å². The number of nitrogens with zero attached hydrogens (tertiary/aromatic N) is 2. The molecule has 1 heterocycles. The summed E-state index contributed by atoms with van der Waals surface area (Å²) in [6, 6.07) is 19.1. The molecule has 0 aromatic heterocycles. The topological polar surface area (TPSA) is 104 Å². The van der Waals surface area contributed by atoms with E-state index in [4.69, 9.17) is 23.2 Å². The number of rotatable bonds is 10. The van der Waals surface area contributed by atoms with Gasteiger partial charge in [-0.05, 0) is 49.2 Å². The smallest absolute Gasteiger partial charge is 0.269 e. The highest BCUT2D eigenvalue weighted by atomic mass is 35.5. The predicted octanol–water partition coefficient (Wildman–Crippen LogP) is 4.69. The maximum absolute atomic E-state index is 13.8. The van der Waals surface area contributed by atoms with Crippen LogP contribution in [-0.2, 0) is 32.6 Å². The van der Waals surface area contributed by atoms with Crippen molar-refractivity contribution in [3.8, 4) is 0 Å². The first-order valence-electron chi connectivity index (χ1n) is 12.7. The lowest BCUT2D eigenvalue weighted by atomic mass is 10.0. The second-order valence-electron chi connectivity index (χ2n) is 9.77. The number of nitrogens with one attached hydrogen (secondary N) is 1. The Bertz CT molecular complexity index is 1530. The first kappa shape index (κ1) is 29.6. The summed E-state index contributed by atoms with van der Waals surface area (Å²) in [4.78, 5) is 41.5. The molecule has 210 valence electrons. The van der Waals surface area contributed by atoms with Gasteiger partial charge in [0, 0.05) is 32.0 Å². The van der Waals surface area contributed by atoms with Crippen LogP contribution in [0.3, 0.4) is 0 Å².